The molecule has 2 N–H and O–H groups in total. The Labute approximate surface area is 95.9 Å². The van der Waals surface area contributed by atoms with Gasteiger partial charge in [-0.3, -0.25) is 0 Å². The molecule has 0 spiro atoms. The van der Waals surface area contributed by atoms with Gasteiger partial charge in [-0.1, -0.05) is 6.92 Å². The zero-order chi connectivity index (χ0) is 12.2. The van der Waals surface area contributed by atoms with Crippen LogP contribution in [0.3, 0.4) is 0 Å². The van der Waals surface area contributed by atoms with Gasteiger partial charge in [0.1, 0.15) is 0 Å². The van der Waals surface area contributed by atoms with Crippen LogP contribution < -0.4 is 15.4 Å². The summed E-state index contributed by atoms with van der Waals surface area (Å²) in [5, 5.41) is 6.10. The minimum Gasteiger partial charge on any atom is -0.467 e. The molecule has 1 aromatic heterocycles. The van der Waals surface area contributed by atoms with Gasteiger partial charge in [-0.05, 0) is 20.3 Å². The van der Waals surface area contributed by atoms with Crippen molar-refractivity contribution < 1.29 is 4.74 Å². The molecule has 1 aromatic rings. The molecule has 1 heterocycles. The van der Waals surface area contributed by atoms with Crippen LogP contribution in [0.5, 0.6) is 6.01 Å². The molecule has 1 rings (SSSR count). The number of hydrogen-bond acceptors (Lipinski definition) is 6. The van der Waals surface area contributed by atoms with E-state index >= 15 is 0 Å². The highest BCUT2D eigenvalue weighted by Crippen LogP contribution is 2.17. The molecular formula is C10H19N5O. The van der Waals surface area contributed by atoms with Crippen LogP contribution >= 0.6 is 0 Å². The monoisotopic (exact) mass is 225 g/mol. The van der Waals surface area contributed by atoms with E-state index in [0.717, 1.165) is 6.42 Å². The number of hydrogen-bond donors (Lipinski definition) is 2. The minimum atomic E-state index is -0.0582. The molecule has 0 saturated carbocycles. The van der Waals surface area contributed by atoms with Crippen molar-refractivity contribution >= 4 is 11.9 Å². The van der Waals surface area contributed by atoms with E-state index in [-0.39, 0.29) is 5.54 Å². The molecule has 0 saturated heterocycles. The Morgan fingerprint density at radius 1 is 1.19 bits per heavy atom. The van der Waals surface area contributed by atoms with Gasteiger partial charge in [0, 0.05) is 12.6 Å². The number of nitrogens with one attached hydrogen (secondary N) is 2. The number of aromatic nitrogens is 3. The van der Waals surface area contributed by atoms with E-state index < -0.39 is 0 Å². The number of nitrogens with zero attached hydrogens (tertiary/aromatic N) is 3. The Balaban J connectivity index is 2.95. The summed E-state index contributed by atoms with van der Waals surface area (Å²) in [6, 6.07) is 0.300. The molecule has 6 heteroatoms. The summed E-state index contributed by atoms with van der Waals surface area (Å²) in [6.07, 6.45) is 0.968. The van der Waals surface area contributed by atoms with Crippen LogP contribution in [0.2, 0.25) is 0 Å². The van der Waals surface area contributed by atoms with Crippen molar-refractivity contribution in [2.75, 3.05) is 24.8 Å². The third-order valence-electron chi connectivity index (χ3n) is 2.36. The Bertz CT molecular complexity index is 331. The molecule has 0 aromatic carbocycles. The molecule has 0 bridgehead atoms. The second kappa shape index (κ2) is 4.96. The molecule has 16 heavy (non-hydrogen) atoms. The van der Waals surface area contributed by atoms with Crippen molar-refractivity contribution in [2.24, 2.45) is 0 Å². The van der Waals surface area contributed by atoms with Crippen LogP contribution in [0.15, 0.2) is 0 Å². The second-order valence-corrected chi connectivity index (χ2v) is 4.08. The van der Waals surface area contributed by atoms with Gasteiger partial charge in [0.25, 0.3) is 0 Å². The summed E-state index contributed by atoms with van der Waals surface area (Å²) < 4.78 is 5.00. The van der Waals surface area contributed by atoms with E-state index in [0.29, 0.717) is 17.9 Å². The maximum Gasteiger partial charge on any atom is 0.322 e. The minimum absolute atomic E-state index is 0.0582. The second-order valence-electron chi connectivity index (χ2n) is 4.08. The first-order chi connectivity index (χ1) is 7.50. The molecule has 0 aliphatic rings. The lowest BCUT2D eigenvalue weighted by molar-refractivity contribution is 0.379. The average molecular weight is 225 g/mol. The highest BCUT2D eigenvalue weighted by atomic mass is 16.5. The smallest absolute Gasteiger partial charge is 0.322 e. The van der Waals surface area contributed by atoms with Gasteiger partial charge in [0.15, 0.2) is 0 Å². The lowest BCUT2D eigenvalue weighted by atomic mass is 10.0. The Kier molecular flexibility index (Phi) is 3.87. The predicted molar refractivity (Wildman–Crippen MR) is 63.9 cm³/mol. The van der Waals surface area contributed by atoms with Crippen molar-refractivity contribution in [3.63, 3.8) is 0 Å². The molecule has 0 fully saturated rings. The highest BCUT2D eigenvalue weighted by molar-refractivity contribution is 5.37. The van der Waals surface area contributed by atoms with E-state index in [1.165, 1.54) is 7.11 Å². The molecule has 0 unspecified atom stereocenters. The van der Waals surface area contributed by atoms with E-state index in [2.05, 4.69) is 46.4 Å². The highest BCUT2D eigenvalue weighted by Gasteiger charge is 2.17. The zero-order valence-electron chi connectivity index (χ0n) is 10.5. The largest absolute Gasteiger partial charge is 0.467 e. The van der Waals surface area contributed by atoms with Crippen LogP contribution in [0.25, 0.3) is 0 Å². The SMILES string of the molecule is CCC(C)(C)Nc1nc(NC)nc(OC)n1. The summed E-state index contributed by atoms with van der Waals surface area (Å²) in [5.74, 6) is 1.00. The first-order valence-electron chi connectivity index (χ1n) is 5.26. The summed E-state index contributed by atoms with van der Waals surface area (Å²) in [7, 11) is 3.28. The normalized spacial score (nSPS) is 11.1. The van der Waals surface area contributed by atoms with Crippen molar-refractivity contribution in [3.8, 4) is 6.01 Å². The predicted octanol–water partition coefficient (Wildman–Crippen LogP) is 1.52. The summed E-state index contributed by atoms with van der Waals surface area (Å²) >= 11 is 0. The Morgan fingerprint density at radius 3 is 2.31 bits per heavy atom. The molecule has 0 aliphatic heterocycles. The molecule has 0 amide bonds. The fourth-order valence-corrected chi connectivity index (χ4v) is 1.01. The summed E-state index contributed by atoms with van der Waals surface area (Å²) in [5.41, 5.74) is -0.0582. The van der Waals surface area contributed by atoms with Crippen molar-refractivity contribution in [1.82, 2.24) is 15.0 Å². The van der Waals surface area contributed by atoms with E-state index in [4.69, 9.17) is 4.74 Å². The summed E-state index contributed by atoms with van der Waals surface area (Å²) in [6.45, 7) is 6.27. The van der Waals surface area contributed by atoms with Gasteiger partial charge in [-0.25, -0.2) is 0 Å². The quantitative estimate of drug-likeness (QED) is 0.791. The van der Waals surface area contributed by atoms with Crippen molar-refractivity contribution in [3.05, 3.63) is 0 Å². The van der Waals surface area contributed by atoms with Crippen molar-refractivity contribution in [1.29, 1.82) is 0 Å². The Morgan fingerprint density at radius 2 is 1.81 bits per heavy atom. The van der Waals surface area contributed by atoms with Crippen LogP contribution in [-0.2, 0) is 0 Å². The van der Waals surface area contributed by atoms with Crippen LogP contribution in [-0.4, -0.2) is 34.6 Å². The molecular weight excluding hydrogens is 206 g/mol. The average Bonchev–Trinajstić information content (AvgIpc) is 2.28. The molecule has 0 radical (unpaired) electrons. The van der Waals surface area contributed by atoms with Crippen molar-refractivity contribution in [2.45, 2.75) is 32.7 Å². The number of rotatable bonds is 5. The fourth-order valence-electron chi connectivity index (χ4n) is 1.01. The van der Waals surface area contributed by atoms with Gasteiger partial charge < -0.3 is 15.4 Å². The number of anilines is 2. The lowest BCUT2D eigenvalue weighted by Crippen LogP contribution is -2.31. The molecule has 0 atom stereocenters. The van der Waals surface area contributed by atoms with E-state index in [1.807, 2.05) is 0 Å². The molecule has 90 valence electrons. The standard InChI is InChI=1S/C10H19N5O/c1-6-10(2,3)15-8-12-7(11-4)13-9(14-8)16-5/h6H2,1-5H3,(H2,11,12,13,14,15). The lowest BCUT2D eigenvalue weighted by Gasteiger charge is -2.24. The van der Waals surface area contributed by atoms with Gasteiger partial charge in [0.2, 0.25) is 11.9 Å². The zero-order valence-corrected chi connectivity index (χ0v) is 10.5. The maximum absolute atomic E-state index is 5.00. The van der Waals surface area contributed by atoms with E-state index in [9.17, 15) is 0 Å². The van der Waals surface area contributed by atoms with Gasteiger partial charge in [-0.15, -0.1) is 0 Å². The molecule has 6 nitrogen and oxygen atoms in total. The van der Waals surface area contributed by atoms with Crippen LogP contribution in [0.4, 0.5) is 11.9 Å². The third-order valence-corrected chi connectivity index (χ3v) is 2.36. The number of methoxy groups -OCH3 is 1. The first kappa shape index (κ1) is 12.5. The van der Waals surface area contributed by atoms with Crippen LogP contribution in [0.1, 0.15) is 27.2 Å². The van der Waals surface area contributed by atoms with Gasteiger partial charge in [-0.2, -0.15) is 15.0 Å². The summed E-state index contributed by atoms with van der Waals surface area (Å²) in [4.78, 5) is 12.4. The third kappa shape index (κ3) is 3.22. The van der Waals surface area contributed by atoms with Gasteiger partial charge in [0.05, 0.1) is 7.11 Å². The molecule has 0 aliphatic carbocycles. The topological polar surface area (TPSA) is 72.0 Å². The first-order valence-corrected chi connectivity index (χ1v) is 5.26. The number of ether oxygens (including phenoxy) is 1. The Hall–Kier alpha value is -1.59. The fraction of sp³-hybridized carbons (Fsp3) is 0.700. The maximum atomic E-state index is 5.00. The van der Waals surface area contributed by atoms with Gasteiger partial charge >= 0.3 is 6.01 Å². The van der Waals surface area contributed by atoms with E-state index in [1.54, 1.807) is 7.05 Å². The van der Waals surface area contributed by atoms with Crippen LogP contribution in [0, 0.1) is 0 Å².